The molecule has 11 heavy (non-hydrogen) atoms. The van der Waals surface area contributed by atoms with Crippen molar-refractivity contribution in [3.05, 3.63) is 0 Å². The van der Waals surface area contributed by atoms with Crippen LogP contribution in [0.4, 0.5) is 0 Å². The molecular formula is C9H21BS. The summed E-state index contributed by atoms with van der Waals surface area (Å²) in [5.41, 5.74) is 0. The van der Waals surface area contributed by atoms with Crippen LogP contribution in [0, 0.1) is 5.92 Å². The van der Waals surface area contributed by atoms with E-state index in [2.05, 4.69) is 27.4 Å². The van der Waals surface area contributed by atoms with Gasteiger partial charge in [0.1, 0.15) is 7.85 Å². The highest BCUT2D eigenvalue weighted by Gasteiger charge is 2.03. The lowest BCUT2D eigenvalue weighted by Crippen LogP contribution is -1.99. The Bertz CT molecular complexity index is 76.0. The molecule has 0 radical (unpaired) electrons. The van der Waals surface area contributed by atoms with Gasteiger partial charge in [0, 0.05) is 0 Å². The Balaban J connectivity index is 3.20. The minimum atomic E-state index is 0.944. The zero-order chi connectivity index (χ0) is 8.53. The molecule has 0 unspecified atom stereocenters. The summed E-state index contributed by atoms with van der Waals surface area (Å²) in [6.45, 7) is 2.29. The molecule has 0 bridgehead atoms. The van der Waals surface area contributed by atoms with Crippen LogP contribution in [0.3, 0.4) is 0 Å². The summed E-state index contributed by atoms with van der Waals surface area (Å²) in [7, 11) is 2.26. The third kappa shape index (κ3) is 6.80. The molecule has 66 valence electrons. The normalized spacial score (nSPS) is 13.3. The van der Waals surface area contributed by atoms with Gasteiger partial charge in [-0.05, 0) is 18.1 Å². The Morgan fingerprint density at radius 3 is 2.45 bits per heavy atom. The second-order valence-corrected chi connectivity index (χ2v) is 3.73. The Morgan fingerprint density at radius 2 is 2.00 bits per heavy atom. The number of unbranched alkanes of at least 4 members (excludes halogenated alkanes) is 1. The molecule has 0 N–H and O–H groups in total. The van der Waals surface area contributed by atoms with Crippen LogP contribution in [-0.4, -0.2) is 13.6 Å². The molecule has 0 fully saturated rings. The number of thiol groups is 1. The SMILES string of the molecule is BCCCC[C@H](CC)CCS. The molecule has 0 amide bonds. The van der Waals surface area contributed by atoms with E-state index in [0.29, 0.717) is 0 Å². The fourth-order valence-corrected chi connectivity index (χ4v) is 1.78. The van der Waals surface area contributed by atoms with Gasteiger partial charge in [0.2, 0.25) is 0 Å². The molecule has 0 saturated heterocycles. The van der Waals surface area contributed by atoms with Crippen molar-refractivity contribution >= 4 is 20.5 Å². The van der Waals surface area contributed by atoms with Crippen LogP contribution in [0.25, 0.3) is 0 Å². The van der Waals surface area contributed by atoms with Crippen LogP contribution in [-0.2, 0) is 0 Å². The van der Waals surface area contributed by atoms with Crippen molar-refractivity contribution in [2.75, 3.05) is 5.75 Å². The second kappa shape index (κ2) is 8.51. The highest BCUT2D eigenvalue weighted by Crippen LogP contribution is 2.17. The van der Waals surface area contributed by atoms with E-state index in [0.717, 1.165) is 11.7 Å². The highest BCUT2D eigenvalue weighted by atomic mass is 32.1. The highest BCUT2D eigenvalue weighted by molar-refractivity contribution is 7.80. The first-order valence-corrected chi connectivity index (χ1v) is 5.59. The van der Waals surface area contributed by atoms with Crippen molar-refractivity contribution in [2.24, 2.45) is 5.92 Å². The van der Waals surface area contributed by atoms with Crippen LogP contribution >= 0.6 is 12.6 Å². The summed E-state index contributed by atoms with van der Waals surface area (Å²) in [5.74, 6) is 2.00. The Kier molecular flexibility index (Phi) is 8.83. The zero-order valence-electron chi connectivity index (χ0n) is 7.97. The lowest BCUT2D eigenvalue weighted by molar-refractivity contribution is 0.442. The molecule has 0 aromatic heterocycles. The first-order valence-electron chi connectivity index (χ1n) is 4.96. The van der Waals surface area contributed by atoms with Gasteiger partial charge in [-0.15, -0.1) is 0 Å². The summed E-state index contributed by atoms with van der Waals surface area (Å²) < 4.78 is 0. The van der Waals surface area contributed by atoms with E-state index < -0.39 is 0 Å². The first-order chi connectivity index (χ1) is 5.35. The predicted molar refractivity (Wildman–Crippen MR) is 59.5 cm³/mol. The van der Waals surface area contributed by atoms with Crippen LogP contribution in [0.5, 0.6) is 0 Å². The van der Waals surface area contributed by atoms with Crippen molar-refractivity contribution in [1.82, 2.24) is 0 Å². The number of hydrogen-bond acceptors (Lipinski definition) is 1. The van der Waals surface area contributed by atoms with Crippen LogP contribution in [0.1, 0.15) is 39.0 Å². The summed E-state index contributed by atoms with van der Waals surface area (Å²) in [5, 5.41) is 0. The van der Waals surface area contributed by atoms with Crippen LogP contribution in [0.2, 0.25) is 6.32 Å². The van der Waals surface area contributed by atoms with Crippen LogP contribution in [0.15, 0.2) is 0 Å². The third-order valence-corrected chi connectivity index (χ3v) is 2.59. The van der Waals surface area contributed by atoms with Crippen LogP contribution < -0.4 is 0 Å². The largest absolute Gasteiger partial charge is 0.179 e. The fraction of sp³-hybridized carbons (Fsp3) is 1.00. The molecular weight excluding hydrogens is 151 g/mol. The molecule has 0 aliphatic rings. The first kappa shape index (κ1) is 11.4. The molecule has 0 saturated carbocycles. The quantitative estimate of drug-likeness (QED) is 0.340. The van der Waals surface area contributed by atoms with Crippen molar-refractivity contribution in [1.29, 1.82) is 0 Å². The Labute approximate surface area is 78.0 Å². The van der Waals surface area contributed by atoms with Gasteiger partial charge in [-0.3, -0.25) is 0 Å². The van der Waals surface area contributed by atoms with E-state index >= 15 is 0 Å². The van der Waals surface area contributed by atoms with Gasteiger partial charge in [0.15, 0.2) is 0 Å². The predicted octanol–water partition coefficient (Wildman–Crippen LogP) is 2.55. The van der Waals surface area contributed by atoms with Gasteiger partial charge in [-0.1, -0.05) is 38.9 Å². The molecule has 0 aliphatic heterocycles. The van der Waals surface area contributed by atoms with E-state index in [1.54, 1.807) is 0 Å². The molecule has 0 spiro atoms. The van der Waals surface area contributed by atoms with Crippen molar-refractivity contribution in [3.63, 3.8) is 0 Å². The van der Waals surface area contributed by atoms with E-state index in [-0.39, 0.29) is 0 Å². The maximum Gasteiger partial charge on any atom is 0.101 e. The Hall–Kier alpha value is 0.415. The summed E-state index contributed by atoms with van der Waals surface area (Å²) in [6.07, 6.45) is 8.24. The molecule has 0 aliphatic carbocycles. The summed E-state index contributed by atoms with van der Waals surface area (Å²) >= 11 is 4.26. The maximum absolute atomic E-state index is 4.26. The standard InChI is InChI=1S/C9H21BS/c1-2-9(6-8-11)5-3-4-7-10/h9,11H,2-8,10H2,1H3/t9-/m0/s1. The second-order valence-electron chi connectivity index (χ2n) is 3.28. The molecule has 2 heteroatoms. The van der Waals surface area contributed by atoms with E-state index in [4.69, 9.17) is 0 Å². The Morgan fingerprint density at radius 1 is 1.27 bits per heavy atom. The molecule has 0 aromatic carbocycles. The molecule has 0 rings (SSSR count). The molecule has 0 nitrogen and oxygen atoms in total. The molecule has 0 heterocycles. The minimum absolute atomic E-state index is 0.944. The zero-order valence-corrected chi connectivity index (χ0v) is 8.87. The smallest absolute Gasteiger partial charge is 0.101 e. The number of hydrogen-bond donors (Lipinski definition) is 1. The average molecular weight is 172 g/mol. The fourth-order valence-electron chi connectivity index (χ4n) is 1.42. The maximum atomic E-state index is 4.26. The van der Waals surface area contributed by atoms with Crippen molar-refractivity contribution in [3.8, 4) is 0 Å². The number of rotatable bonds is 7. The van der Waals surface area contributed by atoms with Crippen molar-refractivity contribution in [2.45, 2.75) is 45.3 Å². The minimum Gasteiger partial charge on any atom is -0.179 e. The molecule has 1 atom stereocenters. The van der Waals surface area contributed by atoms with Gasteiger partial charge in [-0.25, -0.2) is 0 Å². The van der Waals surface area contributed by atoms with Gasteiger partial charge >= 0.3 is 0 Å². The van der Waals surface area contributed by atoms with Gasteiger partial charge in [0.25, 0.3) is 0 Å². The monoisotopic (exact) mass is 172 g/mol. The van der Waals surface area contributed by atoms with Gasteiger partial charge in [0.05, 0.1) is 0 Å². The van der Waals surface area contributed by atoms with E-state index in [1.165, 1.54) is 38.4 Å². The van der Waals surface area contributed by atoms with Gasteiger partial charge < -0.3 is 0 Å². The van der Waals surface area contributed by atoms with E-state index in [9.17, 15) is 0 Å². The lowest BCUT2D eigenvalue weighted by Gasteiger charge is -2.12. The van der Waals surface area contributed by atoms with Crippen molar-refractivity contribution < 1.29 is 0 Å². The topological polar surface area (TPSA) is 0 Å². The third-order valence-electron chi connectivity index (χ3n) is 2.33. The van der Waals surface area contributed by atoms with Gasteiger partial charge in [-0.2, -0.15) is 12.6 Å². The average Bonchev–Trinajstić information content (AvgIpc) is 2.03. The summed E-state index contributed by atoms with van der Waals surface area (Å²) in [4.78, 5) is 0. The summed E-state index contributed by atoms with van der Waals surface area (Å²) in [6, 6.07) is 0. The molecule has 0 aromatic rings. The lowest BCUT2D eigenvalue weighted by atomic mass is 9.93. The van der Waals surface area contributed by atoms with E-state index in [1.807, 2.05) is 0 Å².